The van der Waals surface area contributed by atoms with Gasteiger partial charge >= 0.3 is 0 Å². The van der Waals surface area contributed by atoms with E-state index in [1.54, 1.807) is 6.08 Å². The quantitative estimate of drug-likeness (QED) is 0.548. The molecule has 0 bridgehead atoms. The largest absolute Gasteiger partial charge is 0.393 e. The molecule has 2 unspecified atom stereocenters. The molecule has 1 heteroatoms. The summed E-state index contributed by atoms with van der Waals surface area (Å²) in [4.78, 5) is 0. The maximum absolute atomic E-state index is 8.79. The Hall–Kier alpha value is -0.300. The summed E-state index contributed by atoms with van der Waals surface area (Å²) >= 11 is 0. The zero-order chi connectivity index (χ0) is 6.57. The average Bonchev–Trinajstić information content (AvgIpc) is 1.67. The standard InChI is InChI=1S/C7H13O/c1-4-5-6(2)7(3)8/h4,6-8H,1,3,5H2,2H3. The van der Waals surface area contributed by atoms with Crippen molar-refractivity contribution in [3.05, 3.63) is 19.6 Å². The number of hydrogen-bond donors (Lipinski definition) is 1. The van der Waals surface area contributed by atoms with Gasteiger partial charge in [-0.05, 0) is 19.3 Å². The second-order valence-corrected chi connectivity index (χ2v) is 2.07. The molecule has 0 amide bonds. The highest BCUT2D eigenvalue weighted by molar-refractivity contribution is 4.75. The van der Waals surface area contributed by atoms with Crippen LogP contribution in [0.4, 0.5) is 0 Å². The Morgan fingerprint density at radius 2 is 2.25 bits per heavy atom. The summed E-state index contributed by atoms with van der Waals surface area (Å²) < 4.78 is 0. The molecule has 0 aliphatic rings. The Morgan fingerprint density at radius 1 is 1.75 bits per heavy atom. The monoisotopic (exact) mass is 113 g/mol. The first-order valence-corrected chi connectivity index (χ1v) is 2.80. The molecule has 0 rings (SSSR count). The van der Waals surface area contributed by atoms with Crippen molar-refractivity contribution in [2.45, 2.75) is 19.4 Å². The number of allylic oxidation sites excluding steroid dienone is 1. The van der Waals surface area contributed by atoms with Crippen LogP contribution < -0.4 is 0 Å². The van der Waals surface area contributed by atoms with E-state index in [-0.39, 0.29) is 5.92 Å². The molecule has 0 fully saturated rings. The summed E-state index contributed by atoms with van der Waals surface area (Å²) in [6, 6.07) is 0. The molecule has 0 saturated heterocycles. The van der Waals surface area contributed by atoms with Gasteiger partial charge in [-0.3, -0.25) is 0 Å². The van der Waals surface area contributed by atoms with Crippen LogP contribution in [0, 0.1) is 12.8 Å². The third-order valence-electron chi connectivity index (χ3n) is 1.20. The minimum Gasteiger partial charge on any atom is -0.393 e. The zero-order valence-corrected chi connectivity index (χ0v) is 5.30. The summed E-state index contributed by atoms with van der Waals surface area (Å²) in [5.74, 6) is 0.243. The van der Waals surface area contributed by atoms with Crippen molar-refractivity contribution in [2.75, 3.05) is 0 Å². The fraction of sp³-hybridized carbons (Fsp3) is 0.571. The van der Waals surface area contributed by atoms with Gasteiger partial charge in [0.1, 0.15) is 0 Å². The molecule has 1 nitrogen and oxygen atoms in total. The summed E-state index contributed by atoms with van der Waals surface area (Å²) in [5.41, 5.74) is 0. The molecule has 0 aliphatic carbocycles. The molecule has 1 radical (unpaired) electrons. The van der Waals surface area contributed by atoms with Crippen LogP contribution in [0.5, 0.6) is 0 Å². The fourth-order valence-electron chi connectivity index (χ4n) is 0.420. The van der Waals surface area contributed by atoms with Crippen molar-refractivity contribution in [3.8, 4) is 0 Å². The lowest BCUT2D eigenvalue weighted by Gasteiger charge is -2.10. The van der Waals surface area contributed by atoms with Crippen LogP contribution in [0.15, 0.2) is 12.7 Å². The molecule has 0 heterocycles. The van der Waals surface area contributed by atoms with E-state index < -0.39 is 6.10 Å². The first-order valence-electron chi connectivity index (χ1n) is 2.80. The molecule has 47 valence electrons. The predicted molar refractivity (Wildman–Crippen MR) is 35.3 cm³/mol. The van der Waals surface area contributed by atoms with E-state index in [4.69, 9.17) is 5.11 Å². The second-order valence-electron chi connectivity index (χ2n) is 2.07. The Morgan fingerprint density at radius 3 is 2.38 bits per heavy atom. The van der Waals surface area contributed by atoms with Gasteiger partial charge in [0.25, 0.3) is 0 Å². The first-order chi connectivity index (χ1) is 3.68. The summed E-state index contributed by atoms with van der Waals surface area (Å²) in [5, 5.41) is 8.79. The van der Waals surface area contributed by atoms with Gasteiger partial charge in [0.2, 0.25) is 0 Å². The molecule has 0 saturated carbocycles. The second kappa shape index (κ2) is 3.67. The highest BCUT2D eigenvalue weighted by atomic mass is 16.3. The third-order valence-corrected chi connectivity index (χ3v) is 1.20. The van der Waals surface area contributed by atoms with Gasteiger partial charge in [0.15, 0.2) is 0 Å². The molecular weight excluding hydrogens is 100 g/mol. The fourth-order valence-corrected chi connectivity index (χ4v) is 0.420. The van der Waals surface area contributed by atoms with E-state index >= 15 is 0 Å². The number of aliphatic hydroxyl groups is 1. The van der Waals surface area contributed by atoms with Gasteiger partial charge in [0.05, 0.1) is 6.10 Å². The van der Waals surface area contributed by atoms with Crippen LogP contribution in [0.3, 0.4) is 0 Å². The third kappa shape index (κ3) is 2.80. The maximum atomic E-state index is 8.79. The van der Waals surface area contributed by atoms with E-state index in [9.17, 15) is 0 Å². The van der Waals surface area contributed by atoms with E-state index in [1.807, 2.05) is 6.92 Å². The molecule has 0 aromatic carbocycles. The molecule has 0 aliphatic heterocycles. The van der Waals surface area contributed by atoms with E-state index in [0.29, 0.717) is 0 Å². The molecule has 0 aromatic rings. The smallest absolute Gasteiger partial charge is 0.0569 e. The number of rotatable bonds is 3. The molecule has 1 N–H and O–H groups in total. The highest BCUT2D eigenvalue weighted by Crippen LogP contribution is 2.06. The Balaban J connectivity index is 3.30. The van der Waals surface area contributed by atoms with Crippen LogP contribution in [-0.2, 0) is 0 Å². The van der Waals surface area contributed by atoms with Crippen molar-refractivity contribution in [2.24, 2.45) is 5.92 Å². The zero-order valence-electron chi connectivity index (χ0n) is 5.30. The van der Waals surface area contributed by atoms with Crippen LogP contribution in [0.2, 0.25) is 0 Å². The van der Waals surface area contributed by atoms with Crippen molar-refractivity contribution in [3.63, 3.8) is 0 Å². The normalized spacial score (nSPS) is 17.4. The Bertz CT molecular complexity index is 66.8. The van der Waals surface area contributed by atoms with Gasteiger partial charge < -0.3 is 5.11 Å². The van der Waals surface area contributed by atoms with Gasteiger partial charge in [-0.15, -0.1) is 6.58 Å². The minimum absolute atomic E-state index is 0.243. The van der Waals surface area contributed by atoms with E-state index in [1.165, 1.54) is 0 Å². The number of aliphatic hydroxyl groups excluding tert-OH is 1. The lowest BCUT2D eigenvalue weighted by atomic mass is 10.0. The van der Waals surface area contributed by atoms with Gasteiger partial charge in [-0.1, -0.05) is 13.0 Å². The first kappa shape index (κ1) is 7.70. The van der Waals surface area contributed by atoms with Crippen LogP contribution in [-0.4, -0.2) is 11.2 Å². The van der Waals surface area contributed by atoms with Crippen molar-refractivity contribution >= 4 is 0 Å². The van der Waals surface area contributed by atoms with Crippen LogP contribution in [0.1, 0.15) is 13.3 Å². The maximum Gasteiger partial charge on any atom is 0.0569 e. The van der Waals surface area contributed by atoms with Gasteiger partial charge in [0, 0.05) is 0 Å². The Labute approximate surface area is 51.0 Å². The lowest BCUT2D eigenvalue weighted by Crippen LogP contribution is -2.11. The molecule has 8 heavy (non-hydrogen) atoms. The summed E-state index contributed by atoms with van der Waals surface area (Å²) in [7, 11) is 0. The lowest BCUT2D eigenvalue weighted by molar-refractivity contribution is 0.161. The number of hydrogen-bond acceptors (Lipinski definition) is 1. The average molecular weight is 113 g/mol. The molecular formula is C7H13O. The van der Waals surface area contributed by atoms with E-state index in [0.717, 1.165) is 6.42 Å². The summed E-state index contributed by atoms with van der Waals surface area (Å²) in [6.45, 7) is 8.95. The topological polar surface area (TPSA) is 20.2 Å². The van der Waals surface area contributed by atoms with Crippen molar-refractivity contribution < 1.29 is 5.11 Å². The van der Waals surface area contributed by atoms with Crippen molar-refractivity contribution in [1.29, 1.82) is 0 Å². The predicted octanol–water partition coefficient (Wildman–Crippen LogP) is 1.39. The molecule has 0 aromatic heterocycles. The van der Waals surface area contributed by atoms with Crippen molar-refractivity contribution in [1.82, 2.24) is 0 Å². The van der Waals surface area contributed by atoms with Gasteiger partial charge in [-0.25, -0.2) is 0 Å². The van der Waals surface area contributed by atoms with Gasteiger partial charge in [-0.2, -0.15) is 0 Å². The molecule has 2 atom stereocenters. The highest BCUT2D eigenvalue weighted by Gasteiger charge is 2.04. The SMILES string of the molecule is [CH2]C(O)C(C)CC=C. The minimum atomic E-state index is -0.451. The van der Waals surface area contributed by atoms with E-state index in [2.05, 4.69) is 13.5 Å². The summed E-state index contributed by atoms with van der Waals surface area (Å²) in [6.07, 6.45) is 2.18. The molecule has 0 spiro atoms. The Kier molecular flexibility index (Phi) is 3.53. The van der Waals surface area contributed by atoms with Crippen LogP contribution in [0.25, 0.3) is 0 Å². The van der Waals surface area contributed by atoms with Crippen LogP contribution >= 0.6 is 0 Å².